The van der Waals surface area contributed by atoms with Gasteiger partial charge in [-0.05, 0) is 32.4 Å². The van der Waals surface area contributed by atoms with Gasteiger partial charge in [0.25, 0.3) is 0 Å². The quantitative estimate of drug-likeness (QED) is 0.867. The minimum Gasteiger partial charge on any atom is -0.380 e. The van der Waals surface area contributed by atoms with Crippen LogP contribution in [-0.4, -0.2) is 37.7 Å². The van der Waals surface area contributed by atoms with Gasteiger partial charge in [-0.3, -0.25) is 0 Å². The molecule has 2 atom stereocenters. The van der Waals surface area contributed by atoms with E-state index in [1.165, 1.54) is 11.1 Å². The maximum absolute atomic E-state index is 6.23. The second kappa shape index (κ2) is 6.32. The van der Waals surface area contributed by atoms with Crippen molar-refractivity contribution in [2.24, 2.45) is 5.73 Å². The number of nitrogens with zero attached hydrogens (tertiary/aromatic N) is 1. The van der Waals surface area contributed by atoms with Crippen LogP contribution in [-0.2, 0) is 4.74 Å². The van der Waals surface area contributed by atoms with Crippen molar-refractivity contribution in [3.05, 3.63) is 35.4 Å². The Labute approximate surface area is 110 Å². The average Bonchev–Trinajstić information content (AvgIpc) is 2.90. The van der Waals surface area contributed by atoms with Crippen LogP contribution >= 0.6 is 0 Å². The van der Waals surface area contributed by atoms with E-state index in [1.807, 2.05) is 0 Å². The van der Waals surface area contributed by atoms with Crippen LogP contribution in [0.1, 0.15) is 30.0 Å². The second-order valence-corrected chi connectivity index (χ2v) is 5.30. The summed E-state index contributed by atoms with van der Waals surface area (Å²) < 4.78 is 5.41. The van der Waals surface area contributed by atoms with Crippen LogP contribution in [0, 0.1) is 6.92 Å². The molecule has 0 aromatic heterocycles. The van der Waals surface area contributed by atoms with Gasteiger partial charge in [-0.1, -0.05) is 29.8 Å². The highest BCUT2D eigenvalue weighted by Gasteiger charge is 2.20. The summed E-state index contributed by atoms with van der Waals surface area (Å²) in [4.78, 5) is 2.38. The zero-order valence-electron chi connectivity index (χ0n) is 11.4. The third kappa shape index (κ3) is 3.55. The van der Waals surface area contributed by atoms with Crippen molar-refractivity contribution in [1.29, 1.82) is 0 Å². The van der Waals surface area contributed by atoms with Crippen molar-refractivity contribution >= 4 is 0 Å². The smallest absolute Gasteiger partial charge is 0.0622 e. The summed E-state index contributed by atoms with van der Waals surface area (Å²) in [6.45, 7) is 4.90. The second-order valence-electron chi connectivity index (χ2n) is 5.30. The summed E-state index contributed by atoms with van der Waals surface area (Å²) in [6, 6.07) is 9.25. The molecule has 0 spiro atoms. The molecule has 18 heavy (non-hydrogen) atoms. The van der Waals surface area contributed by atoms with Crippen LogP contribution in [0.5, 0.6) is 0 Å². The van der Waals surface area contributed by atoms with Crippen LogP contribution in [0.3, 0.4) is 0 Å². The lowest BCUT2D eigenvalue weighted by Gasteiger charge is -2.24. The van der Waals surface area contributed by atoms with Crippen molar-refractivity contribution in [2.75, 3.05) is 26.8 Å². The molecule has 1 fully saturated rings. The molecule has 2 N–H and O–H groups in total. The number of hydrogen-bond acceptors (Lipinski definition) is 3. The van der Waals surface area contributed by atoms with Gasteiger partial charge in [0, 0.05) is 25.2 Å². The van der Waals surface area contributed by atoms with E-state index in [1.54, 1.807) is 0 Å². The molecule has 0 bridgehead atoms. The molecule has 1 saturated heterocycles. The first-order chi connectivity index (χ1) is 8.66. The Bertz CT molecular complexity index is 357. The predicted octanol–water partition coefficient (Wildman–Crippen LogP) is 2.11. The Morgan fingerprint density at radius 1 is 1.39 bits per heavy atom. The van der Waals surface area contributed by atoms with E-state index < -0.39 is 0 Å². The first kappa shape index (κ1) is 13.5. The van der Waals surface area contributed by atoms with E-state index in [0.29, 0.717) is 6.04 Å². The molecule has 1 aliphatic heterocycles. The van der Waals surface area contributed by atoms with E-state index in [9.17, 15) is 0 Å². The average molecular weight is 248 g/mol. The van der Waals surface area contributed by atoms with Crippen molar-refractivity contribution in [3.8, 4) is 0 Å². The van der Waals surface area contributed by atoms with Crippen LogP contribution in [0.2, 0.25) is 0 Å². The maximum atomic E-state index is 6.23. The van der Waals surface area contributed by atoms with Gasteiger partial charge in [0.1, 0.15) is 0 Å². The van der Waals surface area contributed by atoms with Crippen LogP contribution in [0.4, 0.5) is 0 Å². The van der Waals surface area contributed by atoms with Gasteiger partial charge < -0.3 is 15.4 Å². The minimum absolute atomic E-state index is 0.135. The molecule has 0 aliphatic carbocycles. The maximum Gasteiger partial charge on any atom is 0.0622 e. The summed E-state index contributed by atoms with van der Waals surface area (Å²) in [5.41, 5.74) is 8.75. The lowest BCUT2D eigenvalue weighted by Crippen LogP contribution is -2.34. The first-order valence-electron chi connectivity index (χ1n) is 6.77. The van der Waals surface area contributed by atoms with E-state index >= 15 is 0 Å². The molecule has 100 valence electrons. The Morgan fingerprint density at radius 2 is 2.11 bits per heavy atom. The highest BCUT2D eigenvalue weighted by Crippen LogP contribution is 2.17. The molecule has 1 aromatic rings. The normalized spacial score (nSPS) is 21.4. The summed E-state index contributed by atoms with van der Waals surface area (Å²) in [6.07, 6.45) is 2.15. The molecule has 0 saturated carbocycles. The fourth-order valence-corrected chi connectivity index (χ4v) is 2.38. The van der Waals surface area contributed by atoms with Gasteiger partial charge in [-0.25, -0.2) is 0 Å². The Morgan fingerprint density at radius 3 is 2.72 bits per heavy atom. The first-order valence-corrected chi connectivity index (χ1v) is 6.77. The molecule has 3 heteroatoms. The molecule has 1 heterocycles. The standard InChI is InChI=1S/C15H24N2O/c1-12-3-5-13(6-4-12)15(16)7-9-17(2)14-8-10-18-11-14/h3-6,14-15H,7-11,16H2,1-2H3. The minimum atomic E-state index is 0.135. The van der Waals surface area contributed by atoms with Crippen LogP contribution in [0.25, 0.3) is 0 Å². The highest BCUT2D eigenvalue weighted by atomic mass is 16.5. The third-order valence-corrected chi connectivity index (χ3v) is 3.83. The van der Waals surface area contributed by atoms with Gasteiger partial charge in [-0.15, -0.1) is 0 Å². The molecular formula is C15H24N2O. The molecule has 1 aromatic carbocycles. The topological polar surface area (TPSA) is 38.5 Å². The summed E-state index contributed by atoms with van der Waals surface area (Å²) in [5.74, 6) is 0. The fraction of sp³-hybridized carbons (Fsp3) is 0.600. The number of likely N-dealkylation sites (N-methyl/N-ethyl adjacent to an activating group) is 1. The largest absolute Gasteiger partial charge is 0.380 e. The zero-order chi connectivity index (χ0) is 13.0. The Kier molecular flexibility index (Phi) is 4.75. The molecule has 0 radical (unpaired) electrons. The molecular weight excluding hydrogens is 224 g/mol. The predicted molar refractivity (Wildman–Crippen MR) is 74.6 cm³/mol. The number of ether oxygens (including phenoxy) is 1. The van der Waals surface area contributed by atoms with Crippen LogP contribution in [0.15, 0.2) is 24.3 Å². The molecule has 0 amide bonds. The Hall–Kier alpha value is -0.900. The SMILES string of the molecule is Cc1ccc(C(N)CCN(C)C2CCOC2)cc1. The van der Waals surface area contributed by atoms with Crippen molar-refractivity contribution in [2.45, 2.75) is 31.8 Å². The van der Waals surface area contributed by atoms with Gasteiger partial charge in [0.05, 0.1) is 6.61 Å². The molecule has 3 nitrogen and oxygen atoms in total. The highest BCUT2D eigenvalue weighted by molar-refractivity contribution is 5.23. The third-order valence-electron chi connectivity index (χ3n) is 3.83. The monoisotopic (exact) mass is 248 g/mol. The number of benzene rings is 1. The van der Waals surface area contributed by atoms with Crippen molar-refractivity contribution < 1.29 is 4.74 Å². The van der Waals surface area contributed by atoms with Gasteiger partial charge >= 0.3 is 0 Å². The lowest BCUT2D eigenvalue weighted by molar-refractivity contribution is 0.157. The van der Waals surface area contributed by atoms with E-state index in [2.05, 4.69) is 43.1 Å². The van der Waals surface area contributed by atoms with E-state index in [4.69, 9.17) is 10.5 Å². The van der Waals surface area contributed by atoms with E-state index in [-0.39, 0.29) is 6.04 Å². The van der Waals surface area contributed by atoms with Crippen LogP contribution < -0.4 is 5.73 Å². The number of nitrogens with two attached hydrogens (primary N) is 1. The summed E-state index contributed by atoms with van der Waals surface area (Å²) in [7, 11) is 2.17. The molecule has 1 aliphatic rings. The fourth-order valence-electron chi connectivity index (χ4n) is 2.38. The summed E-state index contributed by atoms with van der Waals surface area (Å²) in [5, 5.41) is 0. The lowest BCUT2D eigenvalue weighted by atomic mass is 10.0. The Balaban J connectivity index is 1.80. The van der Waals surface area contributed by atoms with Crippen molar-refractivity contribution in [1.82, 2.24) is 4.90 Å². The van der Waals surface area contributed by atoms with Crippen molar-refractivity contribution in [3.63, 3.8) is 0 Å². The summed E-state index contributed by atoms with van der Waals surface area (Å²) >= 11 is 0. The number of hydrogen-bond donors (Lipinski definition) is 1. The zero-order valence-corrected chi connectivity index (χ0v) is 11.4. The van der Waals surface area contributed by atoms with Gasteiger partial charge in [-0.2, -0.15) is 0 Å². The number of rotatable bonds is 5. The molecule has 2 rings (SSSR count). The van der Waals surface area contributed by atoms with E-state index in [0.717, 1.165) is 32.6 Å². The van der Waals surface area contributed by atoms with Gasteiger partial charge in [0.15, 0.2) is 0 Å². The number of aryl methyl sites for hydroxylation is 1. The molecule has 2 unspecified atom stereocenters. The van der Waals surface area contributed by atoms with Gasteiger partial charge in [0.2, 0.25) is 0 Å².